The standard InChI is InChI=1S/C20H21ClF3N3O2/c1-11(2)17(27-16-9-6-13(10-15(16)21)20(22,23)24)19(29)26-14-7-4-12(5-8-14)18(28)25-3/h4-11,17,27H,1-3H3,(H,25,28)(H,26,29)/t17-/m0/s1. The second-order valence-electron chi connectivity index (χ2n) is 6.70. The van der Waals surface area contributed by atoms with Gasteiger partial charge in [-0.3, -0.25) is 9.59 Å². The maximum atomic E-state index is 12.8. The van der Waals surface area contributed by atoms with Crippen molar-refractivity contribution in [2.75, 3.05) is 17.7 Å². The van der Waals surface area contributed by atoms with Gasteiger partial charge in [0.1, 0.15) is 6.04 Å². The van der Waals surface area contributed by atoms with Gasteiger partial charge in [0.15, 0.2) is 0 Å². The molecule has 0 aromatic heterocycles. The molecular formula is C20H21ClF3N3O2. The smallest absolute Gasteiger partial charge is 0.372 e. The van der Waals surface area contributed by atoms with Gasteiger partial charge in [0.2, 0.25) is 5.91 Å². The molecule has 0 spiro atoms. The van der Waals surface area contributed by atoms with Gasteiger partial charge in [-0.2, -0.15) is 13.2 Å². The van der Waals surface area contributed by atoms with Crippen LogP contribution in [0.1, 0.15) is 29.8 Å². The highest BCUT2D eigenvalue weighted by Gasteiger charge is 2.31. The molecule has 0 saturated heterocycles. The van der Waals surface area contributed by atoms with Crippen LogP contribution < -0.4 is 16.0 Å². The van der Waals surface area contributed by atoms with Crippen molar-refractivity contribution in [1.82, 2.24) is 5.32 Å². The Hall–Kier alpha value is -2.74. The fourth-order valence-electron chi connectivity index (χ4n) is 2.58. The summed E-state index contributed by atoms with van der Waals surface area (Å²) in [6.07, 6.45) is -4.50. The van der Waals surface area contributed by atoms with E-state index in [-0.39, 0.29) is 28.4 Å². The van der Waals surface area contributed by atoms with Crippen molar-refractivity contribution in [2.45, 2.75) is 26.1 Å². The SMILES string of the molecule is CNC(=O)c1ccc(NC(=O)[C@@H](Nc2ccc(C(F)(F)F)cc2Cl)C(C)C)cc1. The predicted octanol–water partition coefficient (Wildman–Crippen LogP) is 4.79. The third-order valence-corrected chi connectivity index (χ3v) is 4.51. The van der Waals surface area contributed by atoms with Crippen LogP contribution in [0, 0.1) is 5.92 Å². The number of amides is 2. The summed E-state index contributed by atoms with van der Waals surface area (Å²) in [7, 11) is 1.52. The Morgan fingerprint density at radius 1 is 1.03 bits per heavy atom. The van der Waals surface area contributed by atoms with E-state index in [0.717, 1.165) is 12.1 Å². The number of benzene rings is 2. The Kier molecular flexibility index (Phi) is 7.13. The van der Waals surface area contributed by atoms with Gasteiger partial charge in [-0.05, 0) is 48.4 Å². The van der Waals surface area contributed by atoms with E-state index in [0.29, 0.717) is 11.3 Å². The van der Waals surface area contributed by atoms with Gasteiger partial charge in [0.25, 0.3) is 5.91 Å². The van der Waals surface area contributed by atoms with Crippen LogP contribution in [0.4, 0.5) is 24.5 Å². The molecule has 0 aliphatic rings. The Morgan fingerprint density at radius 2 is 1.66 bits per heavy atom. The van der Waals surface area contributed by atoms with Crippen LogP contribution >= 0.6 is 11.6 Å². The van der Waals surface area contributed by atoms with Crippen LogP contribution in [0.15, 0.2) is 42.5 Å². The number of nitrogens with one attached hydrogen (secondary N) is 3. The first-order valence-electron chi connectivity index (χ1n) is 8.79. The molecule has 0 saturated carbocycles. The predicted molar refractivity (Wildman–Crippen MR) is 107 cm³/mol. The van der Waals surface area contributed by atoms with E-state index in [2.05, 4.69) is 16.0 Å². The molecule has 0 unspecified atom stereocenters. The minimum absolute atomic E-state index is 0.131. The molecule has 29 heavy (non-hydrogen) atoms. The highest BCUT2D eigenvalue weighted by molar-refractivity contribution is 6.33. The van der Waals surface area contributed by atoms with Gasteiger partial charge in [0, 0.05) is 18.3 Å². The fourth-order valence-corrected chi connectivity index (χ4v) is 2.82. The molecule has 9 heteroatoms. The number of alkyl halides is 3. The first-order chi connectivity index (χ1) is 13.5. The molecule has 0 fully saturated rings. The summed E-state index contributed by atoms with van der Waals surface area (Å²) in [5.74, 6) is -0.816. The maximum Gasteiger partial charge on any atom is 0.416 e. The third kappa shape index (κ3) is 5.87. The zero-order valence-electron chi connectivity index (χ0n) is 16.0. The molecule has 0 heterocycles. The normalized spacial score (nSPS) is 12.4. The molecule has 0 aliphatic heterocycles. The van der Waals surface area contributed by atoms with Crippen LogP contribution in [0.2, 0.25) is 5.02 Å². The van der Waals surface area contributed by atoms with E-state index < -0.39 is 17.8 Å². The van der Waals surface area contributed by atoms with Gasteiger partial charge < -0.3 is 16.0 Å². The molecule has 0 radical (unpaired) electrons. The number of hydrogen-bond acceptors (Lipinski definition) is 3. The summed E-state index contributed by atoms with van der Waals surface area (Å²) in [6, 6.07) is 8.49. The molecule has 1 atom stereocenters. The average Bonchev–Trinajstić information content (AvgIpc) is 2.65. The lowest BCUT2D eigenvalue weighted by Gasteiger charge is -2.24. The average molecular weight is 428 g/mol. The number of halogens is 4. The largest absolute Gasteiger partial charge is 0.416 e. The number of rotatable bonds is 6. The van der Waals surface area contributed by atoms with Crippen LogP contribution in [0.25, 0.3) is 0 Å². The molecule has 2 rings (SSSR count). The number of carbonyl (C=O) groups is 2. The van der Waals surface area contributed by atoms with Gasteiger partial charge in [-0.1, -0.05) is 25.4 Å². The number of anilines is 2. The molecule has 2 amide bonds. The second kappa shape index (κ2) is 9.17. The van der Waals surface area contributed by atoms with Crippen LogP contribution in [0.5, 0.6) is 0 Å². The number of carbonyl (C=O) groups excluding carboxylic acids is 2. The molecular weight excluding hydrogens is 407 g/mol. The summed E-state index contributed by atoms with van der Waals surface area (Å²) >= 11 is 5.98. The van der Waals surface area contributed by atoms with E-state index in [4.69, 9.17) is 11.6 Å². The summed E-state index contributed by atoms with van der Waals surface area (Å²) in [5.41, 5.74) is 0.285. The molecule has 156 valence electrons. The van der Waals surface area contributed by atoms with E-state index in [1.54, 1.807) is 38.1 Å². The first kappa shape index (κ1) is 22.5. The minimum Gasteiger partial charge on any atom is -0.372 e. The Balaban J connectivity index is 2.15. The van der Waals surface area contributed by atoms with Crippen LogP contribution in [-0.2, 0) is 11.0 Å². The van der Waals surface area contributed by atoms with Gasteiger partial charge in [-0.15, -0.1) is 0 Å². The molecule has 2 aromatic carbocycles. The monoisotopic (exact) mass is 427 g/mol. The quantitative estimate of drug-likeness (QED) is 0.620. The minimum atomic E-state index is -4.50. The summed E-state index contributed by atoms with van der Waals surface area (Å²) < 4.78 is 38.4. The van der Waals surface area contributed by atoms with Crippen molar-refractivity contribution in [2.24, 2.45) is 5.92 Å². The van der Waals surface area contributed by atoms with Crippen molar-refractivity contribution in [3.8, 4) is 0 Å². The number of hydrogen-bond donors (Lipinski definition) is 3. The molecule has 5 nitrogen and oxygen atoms in total. The lowest BCUT2D eigenvalue weighted by atomic mass is 10.0. The summed E-state index contributed by atoms with van der Waals surface area (Å²) in [6.45, 7) is 3.59. The molecule has 0 bridgehead atoms. The molecule has 3 N–H and O–H groups in total. The lowest BCUT2D eigenvalue weighted by molar-refractivity contribution is -0.137. The maximum absolute atomic E-state index is 12.8. The zero-order valence-corrected chi connectivity index (χ0v) is 16.8. The zero-order chi connectivity index (χ0) is 21.8. The van der Waals surface area contributed by atoms with Crippen molar-refractivity contribution in [1.29, 1.82) is 0 Å². The Morgan fingerprint density at radius 3 is 2.14 bits per heavy atom. The highest BCUT2D eigenvalue weighted by Crippen LogP contribution is 2.34. The van der Waals surface area contributed by atoms with E-state index in [1.165, 1.54) is 13.1 Å². The van der Waals surface area contributed by atoms with E-state index in [1.807, 2.05) is 0 Å². The second-order valence-corrected chi connectivity index (χ2v) is 7.11. The van der Waals surface area contributed by atoms with Gasteiger partial charge in [0.05, 0.1) is 16.3 Å². The van der Waals surface area contributed by atoms with Crippen molar-refractivity contribution < 1.29 is 22.8 Å². The van der Waals surface area contributed by atoms with Gasteiger partial charge in [-0.25, -0.2) is 0 Å². The molecule has 2 aromatic rings. The summed E-state index contributed by atoms with van der Waals surface area (Å²) in [4.78, 5) is 24.3. The third-order valence-electron chi connectivity index (χ3n) is 4.20. The lowest BCUT2D eigenvalue weighted by Crippen LogP contribution is -2.39. The van der Waals surface area contributed by atoms with Crippen molar-refractivity contribution in [3.05, 3.63) is 58.6 Å². The summed E-state index contributed by atoms with van der Waals surface area (Å²) in [5, 5.41) is 8.01. The topological polar surface area (TPSA) is 70.2 Å². The first-order valence-corrected chi connectivity index (χ1v) is 9.17. The van der Waals surface area contributed by atoms with Crippen LogP contribution in [-0.4, -0.2) is 24.9 Å². The van der Waals surface area contributed by atoms with E-state index in [9.17, 15) is 22.8 Å². The van der Waals surface area contributed by atoms with E-state index >= 15 is 0 Å². The Bertz CT molecular complexity index is 884. The van der Waals surface area contributed by atoms with Gasteiger partial charge >= 0.3 is 6.18 Å². The molecule has 0 aliphatic carbocycles. The van der Waals surface area contributed by atoms with Crippen molar-refractivity contribution >= 4 is 34.8 Å². The fraction of sp³-hybridized carbons (Fsp3) is 0.300. The van der Waals surface area contributed by atoms with Crippen molar-refractivity contribution in [3.63, 3.8) is 0 Å². The van der Waals surface area contributed by atoms with Crippen LogP contribution in [0.3, 0.4) is 0 Å². The Labute approximate surface area is 171 Å². The highest BCUT2D eigenvalue weighted by atomic mass is 35.5.